The normalized spacial score (nSPS) is 22.6. The van der Waals surface area contributed by atoms with E-state index in [1.807, 2.05) is 6.07 Å². The first-order chi connectivity index (χ1) is 9.93. The van der Waals surface area contributed by atoms with Crippen molar-refractivity contribution in [3.8, 4) is 0 Å². The van der Waals surface area contributed by atoms with Crippen molar-refractivity contribution in [1.82, 2.24) is 5.32 Å². The zero-order valence-corrected chi connectivity index (χ0v) is 11.7. The molecule has 2 aromatic rings. The summed E-state index contributed by atoms with van der Waals surface area (Å²) in [5.41, 5.74) is 2.64. The van der Waals surface area contributed by atoms with Crippen molar-refractivity contribution in [3.63, 3.8) is 0 Å². The van der Waals surface area contributed by atoms with E-state index in [-0.39, 0.29) is 6.10 Å². The van der Waals surface area contributed by atoms with Gasteiger partial charge >= 0.3 is 0 Å². The van der Waals surface area contributed by atoms with Crippen LogP contribution in [0.4, 0.5) is 0 Å². The first kappa shape index (κ1) is 13.3. The van der Waals surface area contributed by atoms with E-state index in [2.05, 4.69) is 59.9 Å². The van der Waals surface area contributed by atoms with E-state index in [4.69, 9.17) is 4.74 Å². The average Bonchev–Trinajstić information content (AvgIpc) is 2.55. The largest absolute Gasteiger partial charge is 0.372 e. The van der Waals surface area contributed by atoms with Crippen LogP contribution in [-0.2, 0) is 11.3 Å². The molecule has 0 amide bonds. The quantitative estimate of drug-likeness (QED) is 0.917. The average molecular weight is 267 g/mol. The topological polar surface area (TPSA) is 21.3 Å². The highest BCUT2D eigenvalue weighted by molar-refractivity contribution is 5.22. The van der Waals surface area contributed by atoms with Crippen LogP contribution in [0.1, 0.15) is 23.5 Å². The SMILES string of the molecule is c1ccc(COC2CNCCC2c2ccccc2)cc1. The summed E-state index contributed by atoms with van der Waals surface area (Å²) in [7, 11) is 0. The molecule has 0 radical (unpaired) electrons. The number of rotatable bonds is 4. The van der Waals surface area contributed by atoms with Gasteiger partial charge in [0.1, 0.15) is 0 Å². The molecule has 2 atom stereocenters. The van der Waals surface area contributed by atoms with E-state index in [0.29, 0.717) is 12.5 Å². The van der Waals surface area contributed by atoms with Crippen molar-refractivity contribution >= 4 is 0 Å². The predicted molar refractivity (Wildman–Crippen MR) is 81.7 cm³/mol. The molecule has 1 N–H and O–H groups in total. The van der Waals surface area contributed by atoms with E-state index in [9.17, 15) is 0 Å². The molecule has 0 aromatic heterocycles. The molecule has 1 saturated heterocycles. The first-order valence-corrected chi connectivity index (χ1v) is 7.34. The van der Waals surface area contributed by atoms with Gasteiger partial charge in [0.25, 0.3) is 0 Å². The highest BCUT2D eigenvalue weighted by Gasteiger charge is 2.26. The molecule has 3 rings (SSSR count). The fourth-order valence-electron chi connectivity index (χ4n) is 2.86. The first-order valence-electron chi connectivity index (χ1n) is 7.34. The van der Waals surface area contributed by atoms with Crippen LogP contribution in [0.25, 0.3) is 0 Å². The van der Waals surface area contributed by atoms with Gasteiger partial charge in [-0.25, -0.2) is 0 Å². The van der Waals surface area contributed by atoms with Crippen molar-refractivity contribution in [2.75, 3.05) is 13.1 Å². The Labute approximate surface area is 120 Å². The van der Waals surface area contributed by atoms with Crippen LogP contribution in [0.5, 0.6) is 0 Å². The Bertz CT molecular complexity index is 511. The van der Waals surface area contributed by atoms with Crippen LogP contribution in [0.15, 0.2) is 60.7 Å². The minimum Gasteiger partial charge on any atom is -0.372 e. The second kappa shape index (κ2) is 6.69. The maximum atomic E-state index is 6.17. The molecule has 2 aromatic carbocycles. The fraction of sp³-hybridized carbons (Fsp3) is 0.333. The zero-order chi connectivity index (χ0) is 13.6. The molecule has 2 heteroatoms. The minimum absolute atomic E-state index is 0.256. The Balaban J connectivity index is 1.67. The molecule has 1 aliphatic heterocycles. The lowest BCUT2D eigenvalue weighted by Gasteiger charge is -2.32. The molecule has 104 valence electrons. The smallest absolute Gasteiger partial charge is 0.0772 e. The molecule has 1 heterocycles. The van der Waals surface area contributed by atoms with Gasteiger partial charge in [0.2, 0.25) is 0 Å². The Morgan fingerprint density at radius 1 is 0.950 bits per heavy atom. The second-order valence-corrected chi connectivity index (χ2v) is 5.35. The van der Waals surface area contributed by atoms with E-state index < -0.39 is 0 Å². The molecular weight excluding hydrogens is 246 g/mol. The molecule has 0 bridgehead atoms. The van der Waals surface area contributed by atoms with Gasteiger partial charge < -0.3 is 10.1 Å². The fourth-order valence-corrected chi connectivity index (χ4v) is 2.86. The van der Waals surface area contributed by atoms with Gasteiger partial charge in [0.05, 0.1) is 12.7 Å². The monoisotopic (exact) mass is 267 g/mol. The number of hydrogen-bond acceptors (Lipinski definition) is 2. The van der Waals surface area contributed by atoms with Gasteiger partial charge in [-0.3, -0.25) is 0 Å². The third-order valence-electron chi connectivity index (χ3n) is 3.96. The van der Waals surface area contributed by atoms with Gasteiger partial charge in [-0.1, -0.05) is 60.7 Å². The van der Waals surface area contributed by atoms with Gasteiger partial charge in [-0.15, -0.1) is 0 Å². The molecule has 2 nitrogen and oxygen atoms in total. The van der Waals surface area contributed by atoms with E-state index in [1.165, 1.54) is 11.1 Å². The summed E-state index contributed by atoms with van der Waals surface area (Å²) in [6.45, 7) is 2.70. The number of hydrogen-bond donors (Lipinski definition) is 1. The van der Waals surface area contributed by atoms with Crippen LogP contribution in [0, 0.1) is 0 Å². The van der Waals surface area contributed by atoms with Crippen LogP contribution in [0.2, 0.25) is 0 Å². The van der Waals surface area contributed by atoms with Crippen LogP contribution >= 0.6 is 0 Å². The molecule has 1 aliphatic rings. The Kier molecular flexibility index (Phi) is 4.46. The van der Waals surface area contributed by atoms with Gasteiger partial charge in [0, 0.05) is 12.5 Å². The number of nitrogens with one attached hydrogen (secondary N) is 1. The molecule has 0 spiro atoms. The summed E-state index contributed by atoms with van der Waals surface area (Å²) in [5.74, 6) is 0.501. The molecular formula is C18H21NO. The predicted octanol–water partition coefficient (Wildman–Crippen LogP) is 3.35. The lowest BCUT2D eigenvalue weighted by Crippen LogP contribution is -2.40. The lowest BCUT2D eigenvalue weighted by molar-refractivity contribution is 0.0106. The van der Waals surface area contributed by atoms with E-state index in [1.54, 1.807) is 0 Å². The molecule has 1 fully saturated rings. The summed E-state index contributed by atoms with van der Waals surface area (Å²) in [6, 6.07) is 21.1. The number of benzene rings is 2. The van der Waals surface area contributed by atoms with Crippen LogP contribution < -0.4 is 5.32 Å². The number of piperidine rings is 1. The summed E-state index contributed by atoms with van der Waals surface area (Å²) >= 11 is 0. The van der Waals surface area contributed by atoms with Crippen molar-refractivity contribution < 1.29 is 4.74 Å². The third-order valence-corrected chi connectivity index (χ3v) is 3.96. The highest BCUT2D eigenvalue weighted by atomic mass is 16.5. The van der Waals surface area contributed by atoms with Gasteiger partial charge in [0.15, 0.2) is 0 Å². The van der Waals surface area contributed by atoms with Crippen molar-refractivity contribution in [3.05, 3.63) is 71.8 Å². The summed E-state index contributed by atoms with van der Waals surface area (Å²) in [6.07, 6.45) is 1.40. The molecule has 0 aliphatic carbocycles. The maximum Gasteiger partial charge on any atom is 0.0772 e. The van der Waals surface area contributed by atoms with Crippen molar-refractivity contribution in [1.29, 1.82) is 0 Å². The molecule has 0 saturated carbocycles. The highest BCUT2D eigenvalue weighted by Crippen LogP contribution is 2.28. The zero-order valence-electron chi connectivity index (χ0n) is 11.7. The van der Waals surface area contributed by atoms with Crippen molar-refractivity contribution in [2.24, 2.45) is 0 Å². The molecule has 2 unspecified atom stereocenters. The summed E-state index contributed by atoms with van der Waals surface area (Å²) < 4.78 is 6.17. The van der Waals surface area contributed by atoms with Crippen LogP contribution in [-0.4, -0.2) is 19.2 Å². The Morgan fingerprint density at radius 3 is 2.40 bits per heavy atom. The lowest BCUT2D eigenvalue weighted by atomic mass is 9.88. The Morgan fingerprint density at radius 2 is 1.65 bits per heavy atom. The Hall–Kier alpha value is -1.64. The van der Waals surface area contributed by atoms with E-state index >= 15 is 0 Å². The minimum atomic E-state index is 0.256. The van der Waals surface area contributed by atoms with Crippen molar-refractivity contribution in [2.45, 2.75) is 25.0 Å². The third kappa shape index (κ3) is 3.27. The van der Waals surface area contributed by atoms with Crippen LogP contribution in [0.3, 0.4) is 0 Å². The van der Waals surface area contributed by atoms with Gasteiger partial charge in [-0.05, 0) is 24.1 Å². The number of ether oxygens (including phenoxy) is 1. The molecule has 20 heavy (non-hydrogen) atoms. The summed E-state index contributed by atoms with van der Waals surface area (Å²) in [5, 5.41) is 3.45. The van der Waals surface area contributed by atoms with E-state index in [0.717, 1.165) is 19.5 Å². The maximum absolute atomic E-state index is 6.17. The standard InChI is InChI=1S/C18H21NO/c1-3-7-15(8-4-1)14-20-18-13-19-12-11-17(18)16-9-5-2-6-10-16/h1-10,17-19H,11-14H2. The summed E-state index contributed by atoms with van der Waals surface area (Å²) in [4.78, 5) is 0. The second-order valence-electron chi connectivity index (χ2n) is 5.35. The van der Waals surface area contributed by atoms with Gasteiger partial charge in [-0.2, -0.15) is 0 Å².